The van der Waals surface area contributed by atoms with E-state index < -0.39 is 22.9 Å². The fraction of sp³-hybridized carbons (Fsp3) is 0.833. The molecule has 6 heteroatoms. The lowest BCUT2D eigenvalue weighted by molar-refractivity contribution is -0.151. The molecule has 1 rings (SSSR count). The molecule has 4 unspecified atom stereocenters. The summed E-state index contributed by atoms with van der Waals surface area (Å²) in [6, 6.07) is -1.04. The summed E-state index contributed by atoms with van der Waals surface area (Å²) < 4.78 is 11.3. The van der Waals surface area contributed by atoms with Gasteiger partial charge >= 0.3 is 0 Å². The standard InChI is InChI=1S/C12H22N2O3S/c1-5-9-12(16)14(8(3)7-18(4)17)10(6-2)11(15)13-9/h8-10H,5-7H2,1-4H3,(H,13,15). The van der Waals surface area contributed by atoms with Gasteiger partial charge in [0.05, 0.1) is 0 Å². The number of amides is 2. The van der Waals surface area contributed by atoms with Crippen LogP contribution in [0, 0.1) is 0 Å². The van der Waals surface area contributed by atoms with E-state index in [4.69, 9.17) is 0 Å². The number of piperazine rings is 1. The molecule has 0 aromatic rings. The van der Waals surface area contributed by atoms with Crippen molar-refractivity contribution in [3.05, 3.63) is 0 Å². The Morgan fingerprint density at radius 3 is 2.39 bits per heavy atom. The fourth-order valence-corrected chi connectivity index (χ4v) is 3.23. The normalized spacial score (nSPS) is 27.9. The topological polar surface area (TPSA) is 66.5 Å². The molecule has 0 spiro atoms. The SMILES string of the molecule is CCC1NC(=O)C(CC)N(C(C)CS(C)=O)C1=O. The third kappa shape index (κ3) is 3.10. The van der Waals surface area contributed by atoms with Crippen molar-refractivity contribution in [2.45, 2.75) is 51.7 Å². The third-order valence-corrected chi connectivity index (χ3v) is 4.21. The van der Waals surface area contributed by atoms with Crippen molar-refractivity contribution in [3.63, 3.8) is 0 Å². The van der Waals surface area contributed by atoms with Gasteiger partial charge in [0.15, 0.2) is 0 Å². The van der Waals surface area contributed by atoms with Crippen LogP contribution in [0.25, 0.3) is 0 Å². The van der Waals surface area contributed by atoms with E-state index in [1.165, 1.54) is 0 Å². The van der Waals surface area contributed by atoms with Crippen molar-refractivity contribution in [2.24, 2.45) is 0 Å². The monoisotopic (exact) mass is 274 g/mol. The Kier molecular flexibility index (Phi) is 5.31. The quantitative estimate of drug-likeness (QED) is 0.782. The van der Waals surface area contributed by atoms with E-state index in [9.17, 15) is 13.8 Å². The molecule has 0 saturated carbocycles. The summed E-state index contributed by atoms with van der Waals surface area (Å²) in [6.45, 7) is 5.61. The van der Waals surface area contributed by atoms with Gasteiger partial charge in [0, 0.05) is 28.9 Å². The number of hydrogen-bond acceptors (Lipinski definition) is 3. The highest BCUT2D eigenvalue weighted by atomic mass is 32.2. The summed E-state index contributed by atoms with van der Waals surface area (Å²) in [5, 5.41) is 2.75. The van der Waals surface area contributed by atoms with E-state index in [0.717, 1.165) is 0 Å². The van der Waals surface area contributed by atoms with Crippen molar-refractivity contribution >= 4 is 22.6 Å². The molecule has 0 aromatic carbocycles. The molecule has 4 atom stereocenters. The minimum atomic E-state index is -0.979. The molecule has 5 nitrogen and oxygen atoms in total. The van der Waals surface area contributed by atoms with Crippen LogP contribution in [-0.2, 0) is 20.4 Å². The first-order valence-electron chi connectivity index (χ1n) is 6.34. The average Bonchev–Trinajstić information content (AvgIpc) is 2.29. The Hall–Kier alpha value is -0.910. The molecule has 0 bridgehead atoms. The van der Waals surface area contributed by atoms with Crippen LogP contribution in [0.1, 0.15) is 33.6 Å². The Morgan fingerprint density at radius 1 is 1.33 bits per heavy atom. The number of hydrogen-bond donors (Lipinski definition) is 1. The van der Waals surface area contributed by atoms with Gasteiger partial charge in [-0.25, -0.2) is 0 Å². The van der Waals surface area contributed by atoms with Crippen LogP contribution < -0.4 is 5.32 Å². The lowest BCUT2D eigenvalue weighted by Crippen LogP contribution is -2.65. The predicted octanol–water partition coefficient (Wildman–Crippen LogP) is 0.269. The molecule has 1 fully saturated rings. The van der Waals surface area contributed by atoms with Crippen LogP contribution in [0.15, 0.2) is 0 Å². The largest absolute Gasteiger partial charge is 0.343 e. The summed E-state index contributed by atoms with van der Waals surface area (Å²) in [6.07, 6.45) is 2.78. The summed E-state index contributed by atoms with van der Waals surface area (Å²) >= 11 is 0. The molecule has 1 aliphatic rings. The molecule has 0 aromatic heterocycles. The molecular formula is C12H22N2O3S. The maximum atomic E-state index is 12.3. The average molecular weight is 274 g/mol. The van der Waals surface area contributed by atoms with Crippen molar-refractivity contribution < 1.29 is 13.8 Å². The predicted molar refractivity (Wildman–Crippen MR) is 71.5 cm³/mol. The number of nitrogens with zero attached hydrogens (tertiary/aromatic N) is 1. The first kappa shape index (κ1) is 15.1. The molecule has 2 amide bonds. The minimum absolute atomic E-state index is 0.0538. The molecular weight excluding hydrogens is 252 g/mol. The second-order valence-corrected chi connectivity index (χ2v) is 6.21. The fourth-order valence-electron chi connectivity index (χ4n) is 2.39. The summed E-state index contributed by atoms with van der Waals surface area (Å²) in [4.78, 5) is 25.9. The minimum Gasteiger partial charge on any atom is -0.343 e. The Balaban J connectivity index is 2.96. The van der Waals surface area contributed by atoms with Gasteiger partial charge in [-0.2, -0.15) is 0 Å². The highest BCUT2D eigenvalue weighted by molar-refractivity contribution is 7.84. The second kappa shape index (κ2) is 6.31. The Bertz CT molecular complexity index is 359. The molecule has 104 valence electrons. The first-order valence-corrected chi connectivity index (χ1v) is 8.07. The summed E-state index contributed by atoms with van der Waals surface area (Å²) in [7, 11) is -0.979. The van der Waals surface area contributed by atoms with Gasteiger partial charge in [-0.3, -0.25) is 13.8 Å². The zero-order valence-corrected chi connectivity index (χ0v) is 12.3. The van der Waals surface area contributed by atoms with E-state index in [-0.39, 0.29) is 17.9 Å². The van der Waals surface area contributed by atoms with Crippen LogP contribution in [0.5, 0.6) is 0 Å². The molecule has 1 saturated heterocycles. The van der Waals surface area contributed by atoms with E-state index in [1.807, 2.05) is 20.8 Å². The van der Waals surface area contributed by atoms with Crippen molar-refractivity contribution in [1.29, 1.82) is 0 Å². The maximum absolute atomic E-state index is 12.3. The number of carbonyl (C=O) groups is 2. The Labute approximate surface area is 111 Å². The van der Waals surface area contributed by atoms with E-state index in [1.54, 1.807) is 11.2 Å². The lowest BCUT2D eigenvalue weighted by Gasteiger charge is -2.41. The zero-order valence-electron chi connectivity index (χ0n) is 11.4. The highest BCUT2D eigenvalue weighted by Crippen LogP contribution is 2.18. The van der Waals surface area contributed by atoms with Gasteiger partial charge in [0.25, 0.3) is 0 Å². The third-order valence-electron chi connectivity index (χ3n) is 3.25. The van der Waals surface area contributed by atoms with Gasteiger partial charge in [-0.1, -0.05) is 13.8 Å². The highest BCUT2D eigenvalue weighted by Gasteiger charge is 2.41. The van der Waals surface area contributed by atoms with Gasteiger partial charge in [-0.05, 0) is 19.8 Å². The molecule has 0 radical (unpaired) electrons. The van der Waals surface area contributed by atoms with Crippen LogP contribution in [0.3, 0.4) is 0 Å². The number of nitrogens with one attached hydrogen (secondary N) is 1. The van der Waals surface area contributed by atoms with Crippen molar-refractivity contribution in [1.82, 2.24) is 10.2 Å². The maximum Gasteiger partial charge on any atom is 0.246 e. The molecule has 18 heavy (non-hydrogen) atoms. The zero-order chi connectivity index (χ0) is 13.9. The van der Waals surface area contributed by atoms with Crippen molar-refractivity contribution in [2.75, 3.05) is 12.0 Å². The van der Waals surface area contributed by atoms with Gasteiger partial charge < -0.3 is 10.2 Å². The van der Waals surface area contributed by atoms with Gasteiger partial charge in [0.1, 0.15) is 12.1 Å². The smallest absolute Gasteiger partial charge is 0.246 e. The summed E-state index contributed by atoms with van der Waals surface area (Å²) in [5.74, 6) is 0.256. The van der Waals surface area contributed by atoms with Crippen molar-refractivity contribution in [3.8, 4) is 0 Å². The van der Waals surface area contributed by atoms with E-state index >= 15 is 0 Å². The number of carbonyl (C=O) groups excluding carboxylic acids is 2. The first-order chi connectivity index (χ1) is 8.42. The van der Waals surface area contributed by atoms with E-state index in [2.05, 4.69) is 5.32 Å². The van der Waals surface area contributed by atoms with Gasteiger partial charge in [-0.15, -0.1) is 0 Å². The van der Waals surface area contributed by atoms with Crippen LogP contribution in [0.2, 0.25) is 0 Å². The molecule has 1 N–H and O–H groups in total. The lowest BCUT2D eigenvalue weighted by atomic mass is 10.0. The van der Waals surface area contributed by atoms with Crippen LogP contribution >= 0.6 is 0 Å². The Morgan fingerprint density at radius 2 is 1.94 bits per heavy atom. The van der Waals surface area contributed by atoms with Gasteiger partial charge in [0.2, 0.25) is 11.8 Å². The van der Waals surface area contributed by atoms with E-state index in [0.29, 0.717) is 18.6 Å². The number of rotatable bonds is 5. The molecule has 1 aliphatic heterocycles. The molecule has 1 heterocycles. The van der Waals surface area contributed by atoms with Crippen LogP contribution in [0.4, 0.5) is 0 Å². The molecule has 0 aliphatic carbocycles. The second-order valence-electron chi connectivity index (χ2n) is 4.73. The van der Waals surface area contributed by atoms with Crippen LogP contribution in [-0.4, -0.2) is 51.1 Å². The summed E-state index contributed by atoms with van der Waals surface area (Å²) in [5.41, 5.74) is 0.